The van der Waals surface area contributed by atoms with E-state index in [1.807, 2.05) is 35.2 Å². The van der Waals surface area contributed by atoms with Crippen LogP contribution in [0, 0.1) is 29.9 Å². The third-order valence-electron chi connectivity index (χ3n) is 5.12. The molecule has 1 heterocycles. The molecule has 1 saturated carbocycles. The summed E-state index contributed by atoms with van der Waals surface area (Å²) in [6.07, 6.45) is 2.29. The molecule has 7 nitrogen and oxygen atoms in total. The van der Waals surface area contributed by atoms with Crippen molar-refractivity contribution in [3.05, 3.63) is 57.4 Å². The first-order valence-corrected chi connectivity index (χ1v) is 8.90. The standard InChI is InChI=1S/C19H24N4O3/c1-13-19(23(25)26)15(3)22(20-13)12-18(24)21(14(2)17-9-10-17)11-16-7-5-4-6-8-16/h4-8,14,17H,9-12H2,1-3H3. The zero-order valence-corrected chi connectivity index (χ0v) is 15.4. The number of carbonyl (C=O) groups is 1. The Bertz CT molecular complexity index is 812. The van der Waals surface area contributed by atoms with Crippen molar-refractivity contribution in [2.45, 2.75) is 52.7 Å². The molecule has 1 aliphatic rings. The van der Waals surface area contributed by atoms with E-state index in [0.29, 0.717) is 23.9 Å². The minimum Gasteiger partial charge on any atom is -0.334 e. The number of nitrogens with zero attached hydrogens (tertiary/aromatic N) is 4. The summed E-state index contributed by atoms with van der Waals surface area (Å²) in [4.78, 5) is 25.7. The lowest BCUT2D eigenvalue weighted by molar-refractivity contribution is -0.386. The van der Waals surface area contributed by atoms with Crippen molar-refractivity contribution >= 4 is 11.6 Å². The van der Waals surface area contributed by atoms with Gasteiger partial charge < -0.3 is 4.90 Å². The molecule has 0 aliphatic heterocycles. The Balaban J connectivity index is 1.81. The molecule has 1 atom stereocenters. The highest BCUT2D eigenvalue weighted by molar-refractivity contribution is 5.76. The Kier molecular flexibility index (Phi) is 5.06. The average molecular weight is 356 g/mol. The van der Waals surface area contributed by atoms with E-state index in [9.17, 15) is 14.9 Å². The molecule has 0 spiro atoms. The number of amides is 1. The van der Waals surface area contributed by atoms with Crippen LogP contribution in [0.1, 0.15) is 36.7 Å². The van der Waals surface area contributed by atoms with E-state index in [1.54, 1.807) is 13.8 Å². The number of carbonyl (C=O) groups excluding carboxylic acids is 1. The van der Waals surface area contributed by atoms with Crippen LogP contribution >= 0.6 is 0 Å². The summed E-state index contributed by atoms with van der Waals surface area (Å²) in [7, 11) is 0. The monoisotopic (exact) mass is 356 g/mol. The molecule has 3 rings (SSSR count). The van der Waals surface area contributed by atoms with Gasteiger partial charge in [0.2, 0.25) is 5.91 Å². The number of aryl methyl sites for hydroxylation is 1. The number of aromatic nitrogens is 2. The molecule has 26 heavy (non-hydrogen) atoms. The van der Waals surface area contributed by atoms with Crippen molar-refractivity contribution in [3.8, 4) is 0 Å². The fraction of sp³-hybridized carbons (Fsp3) is 0.474. The molecule has 2 aromatic rings. The molecule has 0 N–H and O–H groups in total. The summed E-state index contributed by atoms with van der Waals surface area (Å²) >= 11 is 0. The number of nitro groups is 1. The van der Waals surface area contributed by atoms with Crippen molar-refractivity contribution in [1.29, 1.82) is 0 Å². The Morgan fingerprint density at radius 2 is 2.00 bits per heavy atom. The minimum absolute atomic E-state index is 0.0114. The van der Waals surface area contributed by atoms with Crippen LogP contribution < -0.4 is 0 Å². The zero-order valence-electron chi connectivity index (χ0n) is 15.4. The van der Waals surface area contributed by atoms with Gasteiger partial charge >= 0.3 is 5.69 Å². The van der Waals surface area contributed by atoms with E-state index >= 15 is 0 Å². The number of benzene rings is 1. The predicted molar refractivity (Wildman–Crippen MR) is 97.5 cm³/mol. The van der Waals surface area contributed by atoms with Crippen LogP contribution in [0.25, 0.3) is 0 Å². The molecule has 1 amide bonds. The van der Waals surface area contributed by atoms with E-state index < -0.39 is 4.92 Å². The number of rotatable bonds is 7. The van der Waals surface area contributed by atoms with Gasteiger partial charge in [0.25, 0.3) is 0 Å². The van der Waals surface area contributed by atoms with E-state index in [0.717, 1.165) is 18.4 Å². The fourth-order valence-corrected chi connectivity index (χ4v) is 3.40. The third-order valence-corrected chi connectivity index (χ3v) is 5.12. The Morgan fingerprint density at radius 1 is 1.35 bits per heavy atom. The second-order valence-corrected chi connectivity index (χ2v) is 7.02. The molecule has 0 radical (unpaired) electrons. The normalized spacial score (nSPS) is 14.9. The first-order chi connectivity index (χ1) is 12.4. The fourth-order valence-electron chi connectivity index (χ4n) is 3.40. The summed E-state index contributed by atoms with van der Waals surface area (Å²) in [6.45, 7) is 5.88. The molecule has 0 saturated heterocycles. The molecule has 0 bridgehead atoms. The van der Waals surface area contributed by atoms with Gasteiger partial charge in [-0.2, -0.15) is 5.10 Å². The second-order valence-electron chi connectivity index (χ2n) is 7.02. The van der Waals surface area contributed by atoms with Gasteiger partial charge in [0.05, 0.1) is 4.92 Å². The van der Waals surface area contributed by atoms with Crippen LogP contribution in [-0.4, -0.2) is 31.6 Å². The van der Waals surface area contributed by atoms with Gasteiger partial charge in [0.15, 0.2) is 0 Å². The van der Waals surface area contributed by atoms with Gasteiger partial charge in [-0.05, 0) is 45.1 Å². The first-order valence-electron chi connectivity index (χ1n) is 8.90. The summed E-state index contributed by atoms with van der Waals surface area (Å²) in [5.74, 6) is 0.478. The Hall–Kier alpha value is -2.70. The zero-order chi connectivity index (χ0) is 18.8. The van der Waals surface area contributed by atoms with Gasteiger partial charge in [-0.25, -0.2) is 0 Å². The molecule has 1 aliphatic carbocycles. The summed E-state index contributed by atoms with van der Waals surface area (Å²) in [5, 5.41) is 15.4. The van der Waals surface area contributed by atoms with E-state index in [2.05, 4.69) is 12.0 Å². The molecule has 7 heteroatoms. The quantitative estimate of drug-likeness (QED) is 0.563. The molecule has 1 fully saturated rings. The Morgan fingerprint density at radius 3 is 2.54 bits per heavy atom. The minimum atomic E-state index is -0.437. The lowest BCUT2D eigenvalue weighted by atomic mass is 10.1. The molecule has 1 aromatic heterocycles. The van der Waals surface area contributed by atoms with Crippen molar-refractivity contribution < 1.29 is 9.72 Å². The first kappa shape index (κ1) is 18.1. The summed E-state index contributed by atoms with van der Waals surface area (Å²) in [6, 6.07) is 10.0. The molecule has 138 valence electrons. The largest absolute Gasteiger partial charge is 0.334 e. The van der Waals surface area contributed by atoms with Crippen LogP contribution in [-0.2, 0) is 17.9 Å². The van der Waals surface area contributed by atoms with Crippen LogP contribution in [0.4, 0.5) is 5.69 Å². The highest BCUT2D eigenvalue weighted by Crippen LogP contribution is 2.36. The van der Waals surface area contributed by atoms with Gasteiger partial charge in [-0.1, -0.05) is 30.3 Å². The maximum absolute atomic E-state index is 13.0. The van der Waals surface area contributed by atoms with Gasteiger partial charge in [-0.15, -0.1) is 0 Å². The smallest absolute Gasteiger partial charge is 0.312 e. The van der Waals surface area contributed by atoms with Crippen molar-refractivity contribution in [1.82, 2.24) is 14.7 Å². The topological polar surface area (TPSA) is 81.3 Å². The van der Waals surface area contributed by atoms with Crippen molar-refractivity contribution in [3.63, 3.8) is 0 Å². The maximum Gasteiger partial charge on any atom is 0.312 e. The number of hydrogen-bond donors (Lipinski definition) is 0. The Labute approximate surface area is 152 Å². The lowest BCUT2D eigenvalue weighted by Gasteiger charge is -2.30. The van der Waals surface area contributed by atoms with E-state index in [-0.39, 0.29) is 24.2 Å². The summed E-state index contributed by atoms with van der Waals surface area (Å²) < 4.78 is 1.45. The second kappa shape index (κ2) is 7.27. The van der Waals surface area contributed by atoms with Gasteiger partial charge in [0, 0.05) is 12.6 Å². The van der Waals surface area contributed by atoms with Gasteiger partial charge in [0.1, 0.15) is 17.9 Å². The maximum atomic E-state index is 13.0. The van der Waals surface area contributed by atoms with E-state index in [1.165, 1.54) is 4.68 Å². The van der Waals surface area contributed by atoms with Crippen LogP contribution in [0.15, 0.2) is 30.3 Å². The van der Waals surface area contributed by atoms with Crippen LogP contribution in [0.3, 0.4) is 0 Å². The van der Waals surface area contributed by atoms with Gasteiger partial charge in [-0.3, -0.25) is 19.6 Å². The molecular weight excluding hydrogens is 332 g/mol. The molecule has 1 aromatic carbocycles. The van der Waals surface area contributed by atoms with Crippen molar-refractivity contribution in [2.75, 3.05) is 0 Å². The van der Waals surface area contributed by atoms with Crippen LogP contribution in [0.2, 0.25) is 0 Å². The highest BCUT2D eigenvalue weighted by Gasteiger charge is 2.35. The van der Waals surface area contributed by atoms with Crippen molar-refractivity contribution in [2.24, 2.45) is 5.92 Å². The highest BCUT2D eigenvalue weighted by atomic mass is 16.6. The average Bonchev–Trinajstić information content (AvgIpc) is 3.40. The predicted octanol–water partition coefficient (Wildman–Crippen LogP) is 3.24. The van der Waals surface area contributed by atoms with E-state index in [4.69, 9.17) is 0 Å². The summed E-state index contributed by atoms with van der Waals surface area (Å²) in [5.41, 5.74) is 1.82. The molecule has 1 unspecified atom stereocenters. The lowest BCUT2D eigenvalue weighted by Crippen LogP contribution is -2.41. The van der Waals surface area contributed by atoms with Crippen LogP contribution in [0.5, 0.6) is 0 Å². The molecular formula is C19H24N4O3. The number of hydrogen-bond acceptors (Lipinski definition) is 4. The third kappa shape index (κ3) is 3.76. The SMILES string of the molecule is Cc1nn(CC(=O)N(Cc2ccccc2)C(C)C2CC2)c(C)c1[N+](=O)[O-].